The number of hydrogen-bond donors (Lipinski definition) is 0. The molecule has 0 bridgehead atoms. The third-order valence-corrected chi connectivity index (χ3v) is 5.28. The zero-order valence-corrected chi connectivity index (χ0v) is 18.0. The average Bonchev–Trinajstić information content (AvgIpc) is 2.75. The van der Waals surface area contributed by atoms with Crippen LogP contribution in [0.1, 0.15) is 0 Å². The van der Waals surface area contributed by atoms with Crippen molar-refractivity contribution < 1.29 is 27.8 Å². The Morgan fingerprint density at radius 3 is 1.87 bits per heavy atom. The van der Waals surface area contributed by atoms with E-state index in [1.165, 1.54) is 24.3 Å². The number of amides is 1. The van der Waals surface area contributed by atoms with E-state index in [2.05, 4.69) is 0 Å². The number of halogens is 4. The van der Waals surface area contributed by atoms with E-state index in [1.54, 1.807) is 4.90 Å². The number of nitrogens with zero attached hydrogens (tertiary/aromatic N) is 2. The monoisotopic (exact) mass is 472 g/mol. The van der Waals surface area contributed by atoms with Crippen molar-refractivity contribution in [3.63, 3.8) is 0 Å². The minimum absolute atomic E-state index is 0.0168. The topological polar surface area (TPSA) is 59.1 Å². The van der Waals surface area contributed by atoms with Crippen molar-refractivity contribution in [3.8, 4) is 11.5 Å². The first-order valence-corrected chi connectivity index (χ1v) is 10.2. The Labute approximate surface area is 188 Å². The molecule has 0 atom stereocenters. The van der Waals surface area contributed by atoms with E-state index in [-0.39, 0.29) is 53.0 Å². The molecule has 10 heteroatoms. The molecule has 0 radical (unpaired) electrons. The van der Waals surface area contributed by atoms with Crippen molar-refractivity contribution in [1.82, 2.24) is 9.80 Å². The minimum Gasteiger partial charge on any atom is -0.486 e. The normalized spacial score (nSPS) is 14.4. The lowest BCUT2D eigenvalue weighted by Crippen LogP contribution is -2.51. The molecule has 0 N–H and O–H groups in total. The molecule has 0 saturated carbocycles. The first-order chi connectivity index (χ1) is 14.8. The Morgan fingerprint density at radius 1 is 0.839 bits per heavy atom. The van der Waals surface area contributed by atoms with Gasteiger partial charge in [0.2, 0.25) is 0 Å². The third kappa shape index (κ3) is 6.78. The number of ketones is 1. The van der Waals surface area contributed by atoms with Gasteiger partial charge in [0, 0.05) is 38.3 Å². The summed E-state index contributed by atoms with van der Waals surface area (Å²) in [7, 11) is 0. The fourth-order valence-corrected chi connectivity index (χ4v) is 3.22. The van der Waals surface area contributed by atoms with Gasteiger partial charge >= 0.3 is 0 Å². The maximum absolute atomic E-state index is 13.4. The molecule has 0 spiro atoms. The van der Waals surface area contributed by atoms with Crippen LogP contribution in [0.4, 0.5) is 8.78 Å². The van der Waals surface area contributed by atoms with Gasteiger partial charge in [-0.1, -0.05) is 23.2 Å². The van der Waals surface area contributed by atoms with Crippen molar-refractivity contribution >= 4 is 34.9 Å². The standard InChI is InChI=1S/C21H20Cl2F2N2O4/c22-17-3-1-15(9-19(17)24)30-12-14(28)11-26-5-7-27(8-6-26)21(29)13-31-16-2-4-18(23)20(25)10-16/h1-4,9-10H,5-8,11-13H2. The van der Waals surface area contributed by atoms with Crippen molar-refractivity contribution in [2.45, 2.75) is 0 Å². The number of hydrogen-bond acceptors (Lipinski definition) is 5. The van der Waals surface area contributed by atoms with Crippen LogP contribution in [0.3, 0.4) is 0 Å². The van der Waals surface area contributed by atoms with Crippen LogP contribution in [-0.2, 0) is 9.59 Å². The second kappa shape index (κ2) is 10.7. The summed E-state index contributed by atoms with van der Waals surface area (Å²) in [4.78, 5) is 28.0. The van der Waals surface area contributed by atoms with Crippen molar-refractivity contribution in [3.05, 3.63) is 58.1 Å². The van der Waals surface area contributed by atoms with E-state index in [9.17, 15) is 18.4 Å². The van der Waals surface area contributed by atoms with Crippen LogP contribution < -0.4 is 9.47 Å². The lowest BCUT2D eigenvalue weighted by Gasteiger charge is -2.34. The number of rotatable bonds is 8. The van der Waals surface area contributed by atoms with Crippen molar-refractivity contribution in [2.75, 3.05) is 45.9 Å². The van der Waals surface area contributed by atoms with E-state index in [0.717, 1.165) is 12.1 Å². The lowest BCUT2D eigenvalue weighted by molar-refractivity contribution is -0.135. The minimum atomic E-state index is -0.616. The Kier molecular flexibility index (Phi) is 8.06. The summed E-state index contributed by atoms with van der Waals surface area (Å²) in [5.74, 6) is -1.17. The maximum Gasteiger partial charge on any atom is 0.260 e. The molecule has 0 aliphatic carbocycles. The number of piperazine rings is 1. The number of Topliss-reactive ketones (excluding diaryl/α,β-unsaturated/α-hetero) is 1. The summed E-state index contributed by atoms with van der Waals surface area (Å²) in [6.07, 6.45) is 0. The van der Waals surface area contributed by atoms with Crippen LogP contribution in [0.5, 0.6) is 11.5 Å². The number of ether oxygens (including phenoxy) is 2. The Morgan fingerprint density at radius 2 is 1.35 bits per heavy atom. The predicted octanol–water partition coefficient (Wildman–Crippen LogP) is 3.44. The Bertz CT molecular complexity index is 953. The van der Waals surface area contributed by atoms with E-state index in [1.807, 2.05) is 4.90 Å². The van der Waals surface area contributed by atoms with Gasteiger partial charge in [-0.05, 0) is 24.3 Å². The number of carbonyl (C=O) groups is 2. The second-order valence-electron chi connectivity index (χ2n) is 6.92. The largest absolute Gasteiger partial charge is 0.486 e. The molecule has 1 aliphatic rings. The molecule has 1 saturated heterocycles. The molecule has 1 fully saturated rings. The fraction of sp³-hybridized carbons (Fsp3) is 0.333. The molecule has 31 heavy (non-hydrogen) atoms. The molecule has 1 amide bonds. The van der Waals surface area contributed by atoms with Gasteiger partial charge in [-0.3, -0.25) is 14.5 Å². The average molecular weight is 473 g/mol. The highest BCUT2D eigenvalue weighted by Gasteiger charge is 2.23. The fourth-order valence-electron chi connectivity index (χ4n) is 2.98. The van der Waals surface area contributed by atoms with Gasteiger partial charge in [-0.25, -0.2) is 8.78 Å². The molecule has 1 aliphatic heterocycles. The van der Waals surface area contributed by atoms with E-state index >= 15 is 0 Å². The molecule has 166 valence electrons. The molecule has 6 nitrogen and oxygen atoms in total. The number of carbonyl (C=O) groups excluding carboxylic acids is 2. The van der Waals surface area contributed by atoms with Gasteiger partial charge in [0.25, 0.3) is 5.91 Å². The summed E-state index contributed by atoms with van der Waals surface area (Å²) in [6.45, 7) is 1.67. The van der Waals surface area contributed by atoms with E-state index < -0.39 is 11.6 Å². The van der Waals surface area contributed by atoms with Crippen LogP contribution in [0.15, 0.2) is 36.4 Å². The molecule has 3 rings (SSSR count). The molecule has 0 unspecified atom stereocenters. The van der Waals surface area contributed by atoms with Crippen LogP contribution in [0, 0.1) is 11.6 Å². The molecule has 0 aromatic heterocycles. The summed E-state index contributed by atoms with van der Waals surface area (Å²) < 4.78 is 37.4. The van der Waals surface area contributed by atoms with Crippen molar-refractivity contribution in [1.29, 1.82) is 0 Å². The highest BCUT2D eigenvalue weighted by Crippen LogP contribution is 2.21. The zero-order valence-electron chi connectivity index (χ0n) is 16.5. The van der Waals surface area contributed by atoms with Crippen LogP contribution >= 0.6 is 23.2 Å². The summed E-state index contributed by atoms with van der Waals surface area (Å²) >= 11 is 11.2. The zero-order chi connectivity index (χ0) is 22.4. The van der Waals surface area contributed by atoms with Gasteiger partial charge in [0.05, 0.1) is 16.6 Å². The van der Waals surface area contributed by atoms with Crippen LogP contribution in [0.2, 0.25) is 10.0 Å². The molecule has 1 heterocycles. The van der Waals surface area contributed by atoms with Crippen LogP contribution in [0.25, 0.3) is 0 Å². The quantitative estimate of drug-likeness (QED) is 0.588. The van der Waals surface area contributed by atoms with E-state index in [4.69, 9.17) is 32.7 Å². The summed E-state index contributed by atoms with van der Waals surface area (Å²) in [5.41, 5.74) is 0. The Hall–Kier alpha value is -2.42. The first kappa shape index (κ1) is 23.2. The second-order valence-corrected chi connectivity index (χ2v) is 7.74. The highest BCUT2D eigenvalue weighted by molar-refractivity contribution is 6.31. The highest BCUT2D eigenvalue weighted by atomic mass is 35.5. The van der Waals surface area contributed by atoms with Crippen molar-refractivity contribution in [2.24, 2.45) is 0 Å². The Balaban J connectivity index is 1.37. The van der Waals surface area contributed by atoms with Gasteiger partial charge in [0.15, 0.2) is 12.4 Å². The van der Waals surface area contributed by atoms with Gasteiger partial charge in [0.1, 0.15) is 29.7 Å². The predicted molar refractivity (Wildman–Crippen MR) is 112 cm³/mol. The molecule has 2 aromatic carbocycles. The molecule has 2 aromatic rings. The molecular weight excluding hydrogens is 453 g/mol. The number of benzene rings is 2. The smallest absolute Gasteiger partial charge is 0.260 e. The van der Waals surface area contributed by atoms with E-state index in [0.29, 0.717) is 26.2 Å². The summed E-state index contributed by atoms with van der Waals surface area (Å²) in [5, 5.41) is -0.0353. The maximum atomic E-state index is 13.4. The van der Waals surface area contributed by atoms with Gasteiger partial charge in [-0.2, -0.15) is 0 Å². The van der Waals surface area contributed by atoms with Crippen LogP contribution in [-0.4, -0.2) is 67.4 Å². The first-order valence-electron chi connectivity index (χ1n) is 9.49. The third-order valence-electron chi connectivity index (χ3n) is 4.67. The summed E-state index contributed by atoms with van der Waals surface area (Å²) in [6, 6.07) is 7.95. The van der Waals surface area contributed by atoms with Gasteiger partial charge in [-0.15, -0.1) is 0 Å². The lowest BCUT2D eigenvalue weighted by atomic mass is 10.2. The molecular formula is C21H20Cl2F2N2O4. The van der Waals surface area contributed by atoms with Gasteiger partial charge < -0.3 is 14.4 Å². The SMILES string of the molecule is O=C(COc1ccc(Cl)c(F)c1)CN1CCN(C(=O)COc2ccc(Cl)c(F)c2)CC1.